The monoisotopic (exact) mass is 327 g/mol. The maximum atomic E-state index is 13.3. The van der Waals surface area contributed by atoms with E-state index in [1.54, 1.807) is 11.3 Å². The minimum Gasteiger partial charge on any atom is -0.349 e. The Morgan fingerprint density at radius 2 is 2.00 bits per heavy atom. The van der Waals surface area contributed by atoms with Crippen LogP contribution in [0.3, 0.4) is 0 Å². The second-order valence-electron chi connectivity index (χ2n) is 6.70. The van der Waals surface area contributed by atoms with Crippen LogP contribution >= 0.6 is 11.3 Å². The standard InChI is InChI=1S/C20H25NOS/c1-15-9-6-7-13-20(15,18-12-8-14-23-18)19(22)21-16(2)17-10-4-3-5-11-17/h3-5,8,10-12,14-16H,6-7,9,13H2,1-2H3,(H,21,22)/t15?,16-,20?/m0/s1. The van der Waals surface area contributed by atoms with Gasteiger partial charge in [-0.2, -0.15) is 0 Å². The third-order valence-electron chi connectivity index (χ3n) is 5.31. The van der Waals surface area contributed by atoms with Crippen molar-refractivity contribution in [2.24, 2.45) is 5.92 Å². The van der Waals surface area contributed by atoms with Crippen molar-refractivity contribution in [3.8, 4) is 0 Å². The molecule has 3 atom stereocenters. The molecule has 3 rings (SSSR count). The summed E-state index contributed by atoms with van der Waals surface area (Å²) < 4.78 is 0. The van der Waals surface area contributed by atoms with E-state index >= 15 is 0 Å². The first-order valence-corrected chi connectivity index (χ1v) is 9.42. The van der Waals surface area contributed by atoms with Crippen molar-refractivity contribution >= 4 is 17.2 Å². The molecular formula is C20H25NOS. The number of amides is 1. The van der Waals surface area contributed by atoms with Crippen LogP contribution in [0, 0.1) is 5.92 Å². The molecule has 2 unspecified atom stereocenters. The first-order valence-electron chi connectivity index (χ1n) is 8.54. The van der Waals surface area contributed by atoms with Gasteiger partial charge >= 0.3 is 0 Å². The van der Waals surface area contributed by atoms with Crippen LogP contribution in [-0.4, -0.2) is 5.91 Å². The molecule has 1 fully saturated rings. The molecule has 23 heavy (non-hydrogen) atoms. The lowest BCUT2D eigenvalue weighted by Crippen LogP contribution is -2.50. The van der Waals surface area contributed by atoms with Gasteiger partial charge in [-0.3, -0.25) is 4.79 Å². The normalized spacial score (nSPS) is 25.7. The maximum absolute atomic E-state index is 13.3. The summed E-state index contributed by atoms with van der Waals surface area (Å²) in [6.45, 7) is 4.31. The van der Waals surface area contributed by atoms with Crippen LogP contribution in [0.25, 0.3) is 0 Å². The smallest absolute Gasteiger partial charge is 0.232 e. The Morgan fingerprint density at radius 3 is 2.65 bits per heavy atom. The Bertz CT molecular complexity index is 637. The van der Waals surface area contributed by atoms with Crippen LogP contribution in [-0.2, 0) is 10.2 Å². The van der Waals surface area contributed by atoms with Crippen molar-refractivity contribution in [1.29, 1.82) is 0 Å². The molecule has 2 aromatic rings. The van der Waals surface area contributed by atoms with Crippen LogP contribution in [0.5, 0.6) is 0 Å². The fourth-order valence-electron chi connectivity index (χ4n) is 3.85. The molecule has 1 amide bonds. The molecule has 2 nitrogen and oxygen atoms in total. The molecule has 0 saturated heterocycles. The summed E-state index contributed by atoms with van der Waals surface area (Å²) in [4.78, 5) is 14.5. The van der Waals surface area contributed by atoms with Crippen molar-refractivity contribution < 1.29 is 4.79 Å². The summed E-state index contributed by atoms with van der Waals surface area (Å²) in [5.41, 5.74) is 0.806. The first kappa shape index (κ1) is 16.3. The van der Waals surface area contributed by atoms with Crippen LogP contribution in [0.1, 0.15) is 56.0 Å². The first-order chi connectivity index (χ1) is 11.1. The number of rotatable bonds is 4. The molecule has 122 valence electrons. The highest BCUT2D eigenvalue weighted by Crippen LogP contribution is 2.46. The molecule has 1 aliphatic rings. The third kappa shape index (κ3) is 3.07. The van der Waals surface area contributed by atoms with Crippen molar-refractivity contribution in [2.45, 2.75) is 51.0 Å². The summed E-state index contributed by atoms with van der Waals surface area (Å²) in [5.74, 6) is 0.585. The zero-order valence-electron chi connectivity index (χ0n) is 13.9. The second-order valence-corrected chi connectivity index (χ2v) is 7.65. The van der Waals surface area contributed by atoms with Crippen molar-refractivity contribution in [3.63, 3.8) is 0 Å². The molecule has 1 aromatic carbocycles. The Balaban J connectivity index is 1.87. The predicted molar refractivity (Wildman–Crippen MR) is 96.6 cm³/mol. The molecule has 3 heteroatoms. The van der Waals surface area contributed by atoms with E-state index in [0.717, 1.165) is 24.8 Å². The summed E-state index contributed by atoms with van der Waals surface area (Å²) in [6.07, 6.45) is 4.46. The Labute approximate surface area is 142 Å². The second kappa shape index (κ2) is 6.88. The molecule has 0 radical (unpaired) electrons. The van der Waals surface area contributed by atoms with Gasteiger partial charge in [0.25, 0.3) is 0 Å². The quantitative estimate of drug-likeness (QED) is 0.834. The van der Waals surface area contributed by atoms with E-state index in [1.807, 2.05) is 18.2 Å². The third-order valence-corrected chi connectivity index (χ3v) is 6.36. The molecule has 0 aliphatic heterocycles. The molecular weight excluding hydrogens is 302 g/mol. The van der Waals surface area contributed by atoms with Crippen LogP contribution in [0.4, 0.5) is 0 Å². The van der Waals surface area contributed by atoms with E-state index < -0.39 is 0 Å². The SMILES string of the molecule is CC1CCCCC1(C(=O)N[C@@H](C)c1ccccc1)c1cccs1. The van der Waals surface area contributed by atoms with Gasteiger partial charge in [-0.15, -0.1) is 11.3 Å². The topological polar surface area (TPSA) is 29.1 Å². The zero-order valence-corrected chi connectivity index (χ0v) is 14.7. The highest BCUT2D eigenvalue weighted by Gasteiger charge is 2.47. The lowest BCUT2D eigenvalue weighted by atomic mass is 9.65. The predicted octanol–water partition coefficient (Wildman–Crippen LogP) is 5.07. The number of carbonyl (C=O) groups is 1. The number of hydrogen-bond acceptors (Lipinski definition) is 2. The van der Waals surface area contributed by atoms with Gasteiger partial charge in [-0.25, -0.2) is 0 Å². The highest BCUT2D eigenvalue weighted by molar-refractivity contribution is 7.10. The van der Waals surface area contributed by atoms with Crippen LogP contribution < -0.4 is 5.32 Å². The number of carbonyl (C=O) groups excluding carboxylic acids is 1. The molecule has 1 heterocycles. The lowest BCUT2D eigenvalue weighted by molar-refractivity contribution is -0.130. The summed E-state index contributed by atoms with van der Waals surface area (Å²) in [5, 5.41) is 5.38. The van der Waals surface area contributed by atoms with Gasteiger partial charge in [0.15, 0.2) is 0 Å². The Kier molecular flexibility index (Phi) is 4.86. The van der Waals surface area contributed by atoms with Gasteiger partial charge in [0.2, 0.25) is 5.91 Å². The van der Waals surface area contributed by atoms with Gasteiger partial charge in [0, 0.05) is 4.88 Å². The van der Waals surface area contributed by atoms with Crippen molar-refractivity contribution in [1.82, 2.24) is 5.32 Å². The minimum absolute atomic E-state index is 0.0367. The van der Waals surface area contributed by atoms with E-state index in [2.05, 4.69) is 48.8 Å². The molecule has 0 spiro atoms. The van der Waals surface area contributed by atoms with Crippen molar-refractivity contribution in [2.75, 3.05) is 0 Å². The summed E-state index contributed by atoms with van der Waals surface area (Å²) >= 11 is 1.72. The van der Waals surface area contributed by atoms with Gasteiger partial charge in [0.1, 0.15) is 0 Å². The highest BCUT2D eigenvalue weighted by atomic mass is 32.1. The lowest BCUT2D eigenvalue weighted by Gasteiger charge is -2.41. The number of nitrogens with one attached hydrogen (secondary N) is 1. The molecule has 1 N–H and O–H groups in total. The van der Waals surface area contributed by atoms with Gasteiger partial charge in [0.05, 0.1) is 11.5 Å². The molecule has 1 aliphatic carbocycles. The van der Waals surface area contributed by atoms with E-state index in [0.29, 0.717) is 5.92 Å². The summed E-state index contributed by atoms with van der Waals surface area (Å²) in [7, 11) is 0. The number of hydrogen-bond donors (Lipinski definition) is 1. The average Bonchev–Trinajstić information content (AvgIpc) is 3.11. The number of thiophene rings is 1. The fourth-order valence-corrected chi connectivity index (χ4v) is 4.91. The number of benzene rings is 1. The van der Waals surface area contributed by atoms with E-state index in [1.165, 1.54) is 11.3 Å². The largest absolute Gasteiger partial charge is 0.349 e. The maximum Gasteiger partial charge on any atom is 0.232 e. The zero-order chi connectivity index (χ0) is 16.3. The Morgan fingerprint density at radius 1 is 1.22 bits per heavy atom. The van der Waals surface area contributed by atoms with E-state index in [9.17, 15) is 4.79 Å². The van der Waals surface area contributed by atoms with E-state index in [-0.39, 0.29) is 17.4 Å². The molecule has 1 aromatic heterocycles. The fraction of sp³-hybridized carbons (Fsp3) is 0.450. The average molecular weight is 327 g/mol. The Hall–Kier alpha value is -1.61. The van der Waals surface area contributed by atoms with Crippen molar-refractivity contribution in [3.05, 3.63) is 58.3 Å². The van der Waals surface area contributed by atoms with E-state index in [4.69, 9.17) is 0 Å². The van der Waals surface area contributed by atoms with Gasteiger partial charge in [-0.1, -0.05) is 56.2 Å². The summed E-state index contributed by atoms with van der Waals surface area (Å²) in [6, 6.07) is 14.5. The van der Waals surface area contributed by atoms with Gasteiger partial charge < -0.3 is 5.32 Å². The molecule has 1 saturated carbocycles. The minimum atomic E-state index is -0.352. The van der Waals surface area contributed by atoms with Gasteiger partial charge in [-0.05, 0) is 42.7 Å². The van der Waals surface area contributed by atoms with Crippen LogP contribution in [0.2, 0.25) is 0 Å². The van der Waals surface area contributed by atoms with Crippen LogP contribution in [0.15, 0.2) is 47.8 Å². The molecule has 0 bridgehead atoms.